The maximum absolute atomic E-state index is 12.4. The Bertz CT molecular complexity index is 668. The quantitative estimate of drug-likeness (QED) is 0.854. The van der Waals surface area contributed by atoms with Crippen LogP contribution in [-0.2, 0) is 16.6 Å². The summed E-state index contributed by atoms with van der Waals surface area (Å²) in [5.41, 5.74) is 0.870. The van der Waals surface area contributed by atoms with Gasteiger partial charge in [0.05, 0.1) is 17.6 Å². The molecule has 0 N–H and O–H groups in total. The number of aromatic nitrogens is 1. The van der Waals surface area contributed by atoms with Crippen molar-refractivity contribution in [2.45, 2.75) is 18.4 Å². The molecule has 5 nitrogen and oxygen atoms in total. The van der Waals surface area contributed by atoms with Gasteiger partial charge in [0.15, 0.2) is 5.76 Å². The number of aryl methyl sites for hydroxylation is 1. The smallest absolute Gasteiger partial charge is 0.243 e. The molecular weight excluding hydrogens is 332 g/mol. The van der Waals surface area contributed by atoms with Crippen LogP contribution in [0.3, 0.4) is 0 Å². The van der Waals surface area contributed by atoms with Crippen LogP contribution in [0.1, 0.15) is 11.3 Å². The minimum atomic E-state index is -3.53. The van der Waals surface area contributed by atoms with Gasteiger partial charge in [-0.25, -0.2) is 8.42 Å². The molecule has 1 aromatic carbocycles. The van der Waals surface area contributed by atoms with E-state index >= 15 is 0 Å². The lowest BCUT2D eigenvalue weighted by Gasteiger charge is -2.16. The molecule has 0 spiro atoms. The SMILES string of the molecule is Cc1cc(S(=O)(=O)N(C)Cc2ccno2)ccc1Br. The molecule has 0 aliphatic heterocycles. The van der Waals surface area contributed by atoms with Gasteiger partial charge in [0, 0.05) is 17.6 Å². The Labute approximate surface area is 120 Å². The Morgan fingerprint density at radius 3 is 2.68 bits per heavy atom. The molecule has 0 saturated carbocycles. The largest absolute Gasteiger partial charge is 0.360 e. The maximum Gasteiger partial charge on any atom is 0.243 e. The Hall–Kier alpha value is -1.18. The molecule has 2 rings (SSSR count). The summed E-state index contributed by atoms with van der Waals surface area (Å²) in [6.07, 6.45) is 1.49. The van der Waals surface area contributed by atoms with E-state index in [1.807, 2.05) is 6.92 Å². The first kappa shape index (κ1) is 14.2. The van der Waals surface area contributed by atoms with Crippen LogP contribution in [0.15, 0.2) is 44.4 Å². The zero-order chi connectivity index (χ0) is 14.0. The van der Waals surface area contributed by atoms with Crippen molar-refractivity contribution >= 4 is 26.0 Å². The second-order valence-electron chi connectivity index (χ2n) is 4.15. The van der Waals surface area contributed by atoms with Crippen LogP contribution in [0.4, 0.5) is 0 Å². The van der Waals surface area contributed by atoms with E-state index in [1.54, 1.807) is 24.3 Å². The first-order valence-corrected chi connectivity index (χ1v) is 7.76. The molecule has 0 atom stereocenters. The van der Waals surface area contributed by atoms with Gasteiger partial charge in [-0.05, 0) is 30.7 Å². The zero-order valence-electron chi connectivity index (χ0n) is 10.5. The van der Waals surface area contributed by atoms with E-state index < -0.39 is 10.0 Å². The van der Waals surface area contributed by atoms with E-state index in [9.17, 15) is 8.42 Å². The average molecular weight is 345 g/mol. The lowest BCUT2D eigenvalue weighted by atomic mass is 10.2. The minimum absolute atomic E-state index is 0.150. The van der Waals surface area contributed by atoms with Crippen molar-refractivity contribution in [1.82, 2.24) is 9.46 Å². The third-order valence-corrected chi connectivity index (χ3v) is 5.40. The van der Waals surface area contributed by atoms with Gasteiger partial charge >= 0.3 is 0 Å². The standard InChI is InChI=1S/C12H13BrN2O3S/c1-9-7-11(3-4-12(9)13)19(16,17)15(2)8-10-5-6-14-18-10/h3-7H,8H2,1-2H3. The predicted molar refractivity (Wildman–Crippen MR) is 74.0 cm³/mol. The number of halogens is 1. The molecule has 0 unspecified atom stereocenters. The van der Waals surface area contributed by atoms with E-state index in [2.05, 4.69) is 21.1 Å². The van der Waals surface area contributed by atoms with Gasteiger partial charge in [0.2, 0.25) is 10.0 Å². The molecule has 0 saturated heterocycles. The number of benzene rings is 1. The van der Waals surface area contributed by atoms with E-state index in [0.29, 0.717) is 5.76 Å². The fraction of sp³-hybridized carbons (Fsp3) is 0.250. The molecule has 19 heavy (non-hydrogen) atoms. The van der Waals surface area contributed by atoms with Crippen molar-refractivity contribution in [1.29, 1.82) is 0 Å². The van der Waals surface area contributed by atoms with E-state index in [4.69, 9.17) is 4.52 Å². The van der Waals surface area contributed by atoms with Gasteiger partial charge in [-0.3, -0.25) is 0 Å². The molecule has 2 aromatic rings. The molecular formula is C12H13BrN2O3S. The van der Waals surface area contributed by atoms with Crippen molar-refractivity contribution in [3.63, 3.8) is 0 Å². The van der Waals surface area contributed by atoms with Crippen LogP contribution in [0, 0.1) is 6.92 Å². The summed E-state index contributed by atoms with van der Waals surface area (Å²) >= 11 is 3.35. The highest BCUT2D eigenvalue weighted by Crippen LogP contribution is 2.22. The van der Waals surface area contributed by atoms with Gasteiger partial charge in [0.1, 0.15) is 0 Å². The molecule has 0 radical (unpaired) electrons. The van der Waals surface area contributed by atoms with Crippen LogP contribution >= 0.6 is 15.9 Å². The predicted octanol–water partition coefficient (Wildman–Crippen LogP) is 2.57. The summed E-state index contributed by atoms with van der Waals surface area (Å²) in [7, 11) is -2.02. The first-order chi connectivity index (χ1) is 8.91. The van der Waals surface area contributed by atoms with E-state index in [0.717, 1.165) is 10.0 Å². The highest BCUT2D eigenvalue weighted by atomic mass is 79.9. The van der Waals surface area contributed by atoms with Gasteiger partial charge in [-0.15, -0.1) is 0 Å². The van der Waals surface area contributed by atoms with Gasteiger partial charge in [0.25, 0.3) is 0 Å². The zero-order valence-corrected chi connectivity index (χ0v) is 12.9. The monoisotopic (exact) mass is 344 g/mol. The van der Waals surface area contributed by atoms with Crippen molar-refractivity contribution in [3.8, 4) is 0 Å². The Balaban J connectivity index is 2.28. The van der Waals surface area contributed by atoms with Crippen LogP contribution in [0.25, 0.3) is 0 Å². The summed E-state index contributed by atoms with van der Waals surface area (Å²) in [4.78, 5) is 0.259. The van der Waals surface area contributed by atoms with Gasteiger partial charge in [-0.2, -0.15) is 4.31 Å². The third-order valence-electron chi connectivity index (χ3n) is 2.71. The summed E-state index contributed by atoms with van der Waals surface area (Å²) in [6, 6.07) is 6.57. The molecule has 1 heterocycles. The lowest BCUT2D eigenvalue weighted by Crippen LogP contribution is -2.26. The normalized spacial score (nSPS) is 12.0. The maximum atomic E-state index is 12.4. The van der Waals surface area contributed by atoms with E-state index in [1.165, 1.54) is 17.5 Å². The molecule has 0 aliphatic carbocycles. The fourth-order valence-electron chi connectivity index (χ4n) is 1.59. The molecule has 102 valence electrons. The second kappa shape index (κ2) is 5.44. The molecule has 0 amide bonds. The summed E-state index contributed by atoms with van der Waals surface area (Å²) in [6.45, 7) is 2.00. The van der Waals surface area contributed by atoms with Crippen LogP contribution in [0.5, 0.6) is 0 Å². The van der Waals surface area contributed by atoms with Gasteiger partial charge < -0.3 is 4.52 Å². The van der Waals surface area contributed by atoms with Crippen molar-refractivity contribution in [2.24, 2.45) is 0 Å². The van der Waals surface area contributed by atoms with Crippen LogP contribution in [-0.4, -0.2) is 24.9 Å². The molecule has 0 bridgehead atoms. The van der Waals surface area contributed by atoms with Crippen molar-refractivity contribution in [3.05, 3.63) is 46.3 Å². The number of nitrogens with zero attached hydrogens (tertiary/aromatic N) is 2. The van der Waals surface area contributed by atoms with Crippen LogP contribution < -0.4 is 0 Å². The van der Waals surface area contributed by atoms with Gasteiger partial charge in [-0.1, -0.05) is 21.1 Å². The molecule has 7 heteroatoms. The molecule has 0 aliphatic rings. The third kappa shape index (κ3) is 3.05. The summed E-state index contributed by atoms with van der Waals surface area (Å²) < 4.78 is 31.8. The number of hydrogen-bond donors (Lipinski definition) is 0. The molecule has 0 fully saturated rings. The van der Waals surface area contributed by atoms with Crippen molar-refractivity contribution in [2.75, 3.05) is 7.05 Å². The Morgan fingerprint density at radius 1 is 1.37 bits per heavy atom. The van der Waals surface area contributed by atoms with E-state index in [-0.39, 0.29) is 11.4 Å². The number of rotatable bonds is 4. The van der Waals surface area contributed by atoms with Crippen LogP contribution in [0.2, 0.25) is 0 Å². The number of hydrogen-bond acceptors (Lipinski definition) is 4. The summed E-state index contributed by atoms with van der Waals surface area (Å²) in [5.74, 6) is 0.500. The highest BCUT2D eigenvalue weighted by Gasteiger charge is 2.22. The molecule has 1 aromatic heterocycles. The Kier molecular flexibility index (Phi) is 4.07. The lowest BCUT2D eigenvalue weighted by molar-refractivity contribution is 0.343. The number of sulfonamides is 1. The minimum Gasteiger partial charge on any atom is -0.360 e. The average Bonchev–Trinajstić information content (AvgIpc) is 2.85. The topological polar surface area (TPSA) is 63.4 Å². The first-order valence-electron chi connectivity index (χ1n) is 5.53. The Morgan fingerprint density at radius 2 is 2.11 bits per heavy atom. The summed E-state index contributed by atoms with van der Waals surface area (Å²) in [5, 5.41) is 3.55. The van der Waals surface area contributed by atoms with Crippen molar-refractivity contribution < 1.29 is 12.9 Å². The highest BCUT2D eigenvalue weighted by molar-refractivity contribution is 9.10. The second-order valence-corrected chi connectivity index (χ2v) is 7.05. The fourth-order valence-corrected chi connectivity index (χ4v) is 3.06.